The lowest BCUT2D eigenvalue weighted by Gasteiger charge is -2.33. The number of amides is 2. The molecule has 5 heterocycles. The van der Waals surface area contributed by atoms with Crippen molar-refractivity contribution < 1.29 is 22.7 Å². The quantitative estimate of drug-likeness (QED) is 0.215. The molecule has 2 amide bonds. The average Bonchev–Trinajstić information content (AvgIpc) is 3.90. The molecule has 53 heavy (non-hydrogen) atoms. The van der Waals surface area contributed by atoms with Crippen molar-refractivity contribution in [1.82, 2.24) is 28.9 Å². The summed E-state index contributed by atoms with van der Waals surface area (Å²) in [7, 11) is -0.250. The molecule has 0 spiro atoms. The summed E-state index contributed by atoms with van der Waals surface area (Å²) in [5.74, 6) is 0.170. The first-order chi connectivity index (χ1) is 25.5. The molecule has 2 aromatic carbocycles. The van der Waals surface area contributed by atoms with Gasteiger partial charge >= 0.3 is 0 Å². The Balaban J connectivity index is 1.29. The number of benzene rings is 2. The number of methoxy groups -OCH3 is 1. The average molecular weight is 739 g/mol. The number of ether oxygens (including phenoxy) is 1. The number of aromatic nitrogens is 3. The van der Waals surface area contributed by atoms with Crippen molar-refractivity contribution in [2.24, 2.45) is 13.0 Å². The molecule has 12 heteroatoms. The van der Waals surface area contributed by atoms with Crippen LogP contribution in [0.25, 0.3) is 33.8 Å². The number of likely N-dealkylation sites (tertiary alicyclic amines) is 2. The normalized spacial score (nSPS) is 20.4. The number of aryl methyl sites for hydroxylation is 1. The summed E-state index contributed by atoms with van der Waals surface area (Å²) in [6.07, 6.45) is 10.5. The molecule has 2 aromatic heterocycles. The second-order valence-electron chi connectivity index (χ2n) is 15.8. The van der Waals surface area contributed by atoms with Crippen LogP contribution in [0.2, 0.25) is 0 Å². The van der Waals surface area contributed by atoms with Gasteiger partial charge in [0.05, 0.1) is 42.6 Å². The minimum Gasteiger partial charge on any atom is -0.497 e. The number of nitrogens with zero attached hydrogens (tertiary/aromatic N) is 5. The smallest absolute Gasteiger partial charge is 0.264 e. The minimum absolute atomic E-state index is 0.00872. The molecule has 0 radical (unpaired) electrons. The van der Waals surface area contributed by atoms with E-state index in [0.29, 0.717) is 24.1 Å². The molecule has 280 valence electrons. The van der Waals surface area contributed by atoms with E-state index in [1.807, 2.05) is 48.7 Å². The molecule has 1 N–H and O–H groups in total. The zero-order valence-corrected chi connectivity index (χ0v) is 32.2. The highest BCUT2D eigenvalue weighted by Crippen LogP contribution is 2.48. The van der Waals surface area contributed by atoms with Crippen LogP contribution in [0.3, 0.4) is 0 Å². The lowest BCUT2D eigenvalue weighted by molar-refractivity contribution is 0.0630. The zero-order valence-electron chi connectivity index (χ0n) is 31.4. The predicted molar refractivity (Wildman–Crippen MR) is 207 cm³/mol. The molecule has 2 bridgehead atoms. The zero-order chi connectivity index (χ0) is 37.2. The number of likely N-dealkylation sites (N-methyl/N-ethyl adjacent to an activating group) is 1. The van der Waals surface area contributed by atoms with Gasteiger partial charge < -0.3 is 14.2 Å². The van der Waals surface area contributed by atoms with Gasteiger partial charge in [0.2, 0.25) is 10.0 Å². The summed E-state index contributed by atoms with van der Waals surface area (Å²) in [6, 6.07) is 12.3. The second kappa shape index (κ2) is 13.8. The molecule has 1 saturated carbocycles. The molecule has 4 aliphatic rings. The highest BCUT2D eigenvalue weighted by Gasteiger charge is 2.45. The standard InChI is InChI=1S/C41H50N6O5S/c1-6-45-22-31-19-30(45)23-46(31)41(49)35-20-42-44(4)38(35)29-16-28-17-32(52-5)13-15-33(28)39-37(26-10-8-7-9-11-26)34-14-12-27(18-36(34)47(39)21-29)40(48)43-53(50,51)24-25(2)3/h12-18,20,25-26,30-31H,6-11,19,21-24H2,1-5H3,(H,43,48)/t30?,31-/m0/s1. The van der Waals surface area contributed by atoms with Gasteiger partial charge in [-0.1, -0.05) is 46.1 Å². The highest BCUT2D eigenvalue weighted by molar-refractivity contribution is 7.90. The fraction of sp³-hybridized carbons (Fsp3) is 0.488. The van der Waals surface area contributed by atoms with Crippen LogP contribution in [-0.2, 0) is 23.6 Å². The van der Waals surface area contributed by atoms with Gasteiger partial charge in [0.25, 0.3) is 11.8 Å². The third kappa shape index (κ3) is 6.37. The Labute approximate surface area is 312 Å². The minimum atomic E-state index is -3.81. The van der Waals surface area contributed by atoms with E-state index in [2.05, 4.69) is 44.4 Å². The van der Waals surface area contributed by atoms with Gasteiger partial charge in [-0.15, -0.1) is 0 Å². The van der Waals surface area contributed by atoms with Crippen LogP contribution in [0.1, 0.15) is 103 Å². The fourth-order valence-corrected chi connectivity index (χ4v) is 10.9. The Morgan fingerprint density at radius 2 is 1.81 bits per heavy atom. The number of carbonyl (C=O) groups is 2. The third-order valence-corrected chi connectivity index (χ3v) is 13.4. The lowest BCUT2D eigenvalue weighted by atomic mass is 9.81. The van der Waals surface area contributed by atoms with Gasteiger partial charge in [-0.05, 0) is 90.8 Å². The first-order valence-electron chi connectivity index (χ1n) is 19.1. The van der Waals surface area contributed by atoms with Crippen LogP contribution in [0, 0.1) is 5.92 Å². The first kappa shape index (κ1) is 35.6. The molecule has 11 nitrogen and oxygen atoms in total. The maximum atomic E-state index is 14.4. The van der Waals surface area contributed by atoms with Crippen molar-refractivity contribution in [1.29, 1.82) is 0 Å². The number of fused-ring (bicyclic) bond motifs is 7. The van der Waals surface area contributed by atoms with Crippen LogP contribution in [0.5, 0.6) is 5.75 Å². The van der Waals surface area contributed by atoms with Gasteiger partial charge in [0.15, 0.2) is 0 Å². The molecule has 3 aliphatic heterocycles. The van der Waals surface area contributed by atoms with E-state index in [4.69, 9.17) is 4.74 Å². The van der Waals surface area contributed by atoms with Crippen molar-refractivity contribution in [2.45, 2.75) is 83.8 Å². The number of sulfonamides is 1. The molecule has 1 unspecified atom stereocenters. The fourth-order valence-electron chi connectivity index (χ4n) is 9.52. The molecule has 8 rings (SSSR count). The van der Waals surface area contributed by atoms with Gasteiger partial charge in [0, 0.05) is 54.3 Å². The molecule has 2 saturated heterocycles. The Morgan fingerprint density at radius 3 is 2.51 bits per heavy atom. The van der Waals surface area contributed by atoms with Crippen molar-refractivity contribution in [3.63, 3.8) is 0 Å². The lowest BCUT2D eigenvalue weighted by Crippen LogP contribution is -2.48. The van der Waals surface area contributed by atoms with Crippen LogP contribution in [0.15, 0.2) is 42.6 Å². The predicted octanol–water partition coefficient (Wildman–Crippen LogP) is 6.29. The summed E-state index contributed by atoms with van der Waals surface area (Å²) in [4.78, 5) is 32.5. The van der Waals surface area contributed by atoms with Crippen LogP contribution < -0.4 is 9.46 Å². The SMILES string of the molecule is CCN1C[C@@H]2CC1CN2C(=O)c1cnn(C)c1C1=Cc2cc(OC)ccc2-c2c(C3CCCCC3)c3ccc(C(=O)NS(=O)(=O)CC(C)C)cc3n2C1. The van der Waals surface area contributed by atoms with Gasteiger partial charge in [-0.2, -0.15) is 5.10 Å². The van der Waals surface area contributed by atoms with Crippen LogP contribution >= 0.6 is 0 Å². The Kier molecular flexibility index (Phi) is 9.25. The third-order valence-electron chi connectivity index (χ3n) is 11.8. The molecule has 1 aliphatic carbocycles. The molecular weight excluding hydrogens is 689 g/mol. The molecular formula is C41H50N6O5S. The van der Waals surface area contributed by atoms with Crippen molar-refractivity contribution >= 4 is 44.4 Å². The maximum absolute atomic E-state index is 14.4. The maximum Gasteiger partial charge on any atom is 0.264 e. The van der Waals surface area contributed by atoms with E-state index < -0.39 is 15.9 Å². The largest absolute Gasteiger partial charge is 0.497 e. The molecule has 2 atom stereocenters. The van der Waals surface area contributed by atoms with E-state index in [1.165, 1.54) is 12.0 Å². The number of piperazine rings is 1. The van der Waals surface area contributed by atoms with E-state index >= 15 is 0 Å². The Bertz CT molecular complexity index is 2250. The van der Waals surface area contributed by atoms with Crippen molar-refractivity contribution in [2.75, 3.05) is 32.5 Å². The van der Waals surface area contributed by atoms with Crippen molar-refractivity contribution in [3.8, 4) is 17.0 Å². The number of hydrogen-bond donors (Lipinski definition) is 1. The summed E-state index contributed by atoms with van der Waals surface area (Å²) >= 11 is 0. The summed E-state index contributed by atoms with van der Waals surface area (Å²) in [5.41, 5.74) is 7.79. The first-order valence-corrected chi connectivity index (χ1v) is 20.8. The van der Waals surface area contributed by atoms with E-state index in [9.17, 15) is 18.0 Å². The Hall–Kier alpha value is -4.42. The molecule has 3 fully saturated rings. The van der Waals surface area contributed by atoms with Crippen molar-refractivity contribution in [3.05, 3.63) is 70.5 Å². The summed E-state index contributed by atoms with van der Waals surface area (Å²) in [5, 5.41) is 5.72. The number of carbonyl (C=O) groups excluding carboxylic acids is 2. The summed E-state index contributed by atoms with van der Waals surface area (Å²) in [6.45, 7) is 8.84. The second-order valence-corrected chi connectivity index (χ2v) is 17.5. The highest BCUT2D eigenvalue weighted by atomic mass is 32.2. The van der Waals surface area contributed by atoms with Crippen LogP contribution in [-0.4, -0.2) is 89.0 Å². The summed E-state index contributed by atoms with van der Waals surface area (Å²) < 4.78 is 37.8. The van der Waals surface area contributed by atoms with Crippen LogP contribution in [0.4, 0.5) is 0 Å². The number of rotatable bonds is 9. The number of allylic oxidation sites excluding steroid dienone is 1. The van der Waals surface area contributed by atoms with E-state index in [0.717, 1.165) is 96.5 Å². The van der Waals surface area contributed by atoms with Gasteiger partial charge in [0.1, 0.15) is 5.75 Å². The van der Waals surface area contributed by atoms with Gasteiger partial charge in [-0.3, -0.25) is 19.2 Å². The molecule has 4 aromatic rings. The van der Waals surface area contributed by atoms with E-state index in [-0.39, 0.29) is 29.2 Å². The monoisotopic (exact) mass is 738 g/mol. The Morgan fingerprint density at radius 1 is 1.02 bits per heavy atom. The topological polar surface area (TPSA) is 119 Å². The number of hydrogen-bond acceptors (Lipinski definition) is 7. The number of nitrogens with one attached hydrogen (secondary N) is 1. The van der Waals surface area contributed by atoms with E-state index in [1.54, 1.807) is 19.4 Å². The van der Waals surface area contributed by atoms with Gasteiger partial charge in [-0.25, -0.2) is 13.1 Å².